The quantitative estimate of drug-likeness (QED) is 0.766. The summed E-state index contributed by atoms with van der Waals surface area (Å²) in [4.78, 5) is 0. The Bertz CT molecular complexity index is 394. The first-order chi connectivity index (χ1) is 7.86. The van der Waals surface area contributed by atoms with E-state index in [0.717, 1.165) is 56.3 Å². The topological polar surface area (TPSA) is 12.0 Å². The fourth-order valence-electron chi connectivity index (χ4n) is 3.09. The summed E-state index contributed by atoms with van der Waals surface area (Å²) >= 11 is 0. The summed E-state index contributed by atoms with van der Waals surface area (Å²) in [5, 5.41) is 3.33. The summed E-state index contributed by atoms with van der Waals surface area (Å²) in [6.07, 6.45) is 5.30. The molecule has 1 aliphatic carbocycles. The number of benzene rings is 1. The minimum atomic E-state index is 0.113. The Morgan fingerprint density at radius 3 is 2.75 bits per heavy atom. The van der Waals surface area contributed by atoms with Gasteiger partial charge in [-0.2, -0.15) is 0 Å². The molecule has 3 rings (SSSR count). The third-order valence-electron chi connectivity index (χ3n) is 4.02. The van der Waals surface area contributed by atoms with Gasteiger partial charge in [-0.05, 0) is 67.8 Å². The van der Waals surface area contributed by atoms with Gasteiger partial charge in [0, 0.05) is 0 Å². The lowest BCUT2D eigenvalue weighted by molar-refractivity contribution is 0.443. The lowest BCUT2D eigenvalue weighted by atomic mass is 9.88. The van der Waals surface area contributed by atoms with Crippen LogP contribution in [0.25, 0.3) is 0 Å². The molecule has 0 unspecified atom stereocenters. The van der Waals surface area contributed by atoms with E-state index in [2.05, 4.69) is 11.4 Å². The average molecular weight is 219 g/mol. The normalized spacial score (nSPS) is 21.1. The summed E-state index contributed by atoms with van der Waals surface area (Å²) in [7, 11) is 0. The molecule has 1 fully saturated rings. The number of rotatable bonds is 1. The molecule has 1 N–H and O–H groups in total. The van der Waals surface area contributed by atoms with Crippen molar-refractivity contribution in [1.82, 2.24) is 5.32 Å². The van der Waals surface area contributed by atoms with Crippen molar-refractivity contribution in [1.29, 1.82) is 0 Å². The van der Waals surface area contributed by atoms with Crippen LogP contribution in [-0.4, -0.2) is 13.1 Å². The molecule has 2 aliphatic rings. The van der Waals surface area contributed by atoms with Gasteiger partial charge in [-0.1, -0.05) is 12.1 Å². The van der Waals surface area contributed by atoms with Crippen molar-refractivity contribution in [3.63, 3.8) is 0 Å². The van der Waals surface area contributed by atoms with Gasteiger partial charge in [-0.3, -0.25) is 0 Å². The molecule has 16 heavy (non-hydrogen) atoms. The van der Waals surface area contributed by atoms with Gasteiger partial charge in [-0.15, -0.1) is 0 Å². The second-order valence-corrected chi connectivity index (χ2v) is 4.98. The SMILES string of the molecule is Fc1c(C2CCNCC2)ccc2c1CCC2. The molecule has 1 heterocycles. The van der Waals surface area contributed by atoms with Crippen LogP contribution in [0.5, 0.6) is 0 Å². The Balaban J connectivity index is 1.95. The highest BCUT2D eigenvalue weighted by Crippen LogP contribution is 2.33. The molecule has 0 saturated carbocycles. The zero-order valence-electron chi connectivity index (χ0n) is 9.56. The summed E-state index contributed by atoms with van der Waals surface area (Å²) in [5.74, 6) is 0.550. The number of halogens is 1. The number of hydrogen-bond donors (Lipinski definition) is 1. The Labute approximate surface area is 96.1 Å². The molecule has 1 aromatic carbocycles. The second kappa shape index (κ2) is 4.17. The smallest absolute Gasteiger partial charge is 0.130 e. The molecule has 0 radical (unpaired) electrons. The first kappa shape index (κ1) is 10.3. The van der Waals surface area contributed by atoms with Crippen LogP contribution in [0.2, 0.25) is 0 Å². The van der Waals surface area contributed by atoms with Crippen LogP contribution in [0.1, 0.15) is 41.9 Å². The van der Waals surface area contributed by atoms with Crippen molar-refractivity contribution >= 4 is 0 Å². The van der Waals surface area contributed by atoms with Crippen LogP contribution in [0, 0.1) is 5.82 Å². The molecule has 0 spiro atoms. The van der Waals surface area contributed by atoms with Gasteiger partial charge in [0.25, 0.3) is 0 Å². The van der Waals surface area contributed by atoms with Crippen molar-refractivity contribution < 1.29 is 4.39 Å². The predicted molar refractivity (Wildman–Crippen MR) is 63.3 cm³/mol. The van der Waals surface area contributed by atoms with E-state index in [1.54, 1.807) is 0 Å². The minimum absolute atomic E-state index is 0.113. The molecule has 0 amide bonds. The van der Waals surface area contributed by atoms with Crippen LogP contribution >= 0.6 is 0 Å². The van der Waals surface area contributed by atoms with Gasteiger partial charge >= 0.3 is 0 Å². The first-order valence-electron chi connectivity index (χ1n) is 6.37. The lowest BCUT2D eigenvalue weighted by Gasteiger charge is -2.24. The predicted octanol–water partition coefficient (Wildman–Crippen LogP) is 2.78. The molecule has 0 atom stereocenters. The maximum atomic E-state index is 14.3. The van der Waals surface area contributed by atoms with Crippen LogP contribution in [0.3, 0.4) is 0 Å². The molecule has 0 aromatic heterocycles. The van der Waals surface area contributed by atoms with E-state index in [4.69, 9.17) is 0 Å². The number of aryl methyl sites for hydroxylation is 1. The summed E-state index contributed by atoms with van der Waals surface area (Å²) in [6.45, 7) is 2.06. The van der Waals surface area contributed by atoms with Gasteiger partial charge in [-0.25, -0.2) is 4.39 Å². The van der Waals surface area contributed by atoms with Crippen LogP contribution < -0.4 is 5.32 Å². The van der Waals surface area contributed by atoms with Crippen LogP contribution in [-0.2, 0) is 12.8 Å². The van der Waals surface area contributed by atoms with E-state index >= 15 is 0 Å². The minimum Gasteiger partial charge on any atom is -0.317 e. The summed E-state index contributed by atoms with van der Waals surface area (Å²) in [5.41, 5.74) is 3.23. The fourth-order valence-corrected chi connectivity index (χ4v) is 3.09. The molecular formula is C14H18FN. The van der Waals surface area contributed by atoms with E-state index in [1.807, 2.05) is 6.07 Å². The first-order valence-corrected chi connectivity index (χ1v) is 6.37. The van der Waals surface area contributed by atoms with Crippen LogP contribution in [0.4, 0.5) is 4.39 Å². The lowest BCUT2D eigenvalue weighted by Crippen LogP contribution is -2.27. The average Bonchev–Trinajstić information content (AvgIpc) is 2.80. The van der Waals surface area contributed by atoms with Gasteiger partial charge < -0.3 is 5.32 Å². The van der Waals surface area contributed by atoms with Gasteiger partial charge in [0.05, 0.1) is 0 Å². The van der Waals surface area contributed by atoms with Gasteiger partial charge in [0.2, 0.25) is 0 Å². The second-order valence-electron chi connectivity index (χ2n) is 4.98. The van der Waals surface area contributed by atoms with Crippen molar-refractivity contribution in [2.24, 2.45) is 0 Å². The number of hydrogen-bond acceptors (Lipinski definition) is 1. The van der Waals surface area contributed by atoms with E-state index < -0.39 is 0 Å². The fraction of sp³-hybridized carbons (Fsp3) is 0.571. The number of fused-ring (bicyclic) bond motifs is 1. The van der Waals surface area contributed by atoms with Crippen molar-refractivity contribution in [3.05, 3.63) is 34.6 Å². The van der Waals surface area contributed by atoms with E-state index in [0.29, 0.717) is 5.92 Å². The highest BCUT2D eigenvalue weighted by atomic mass is 19.1. The maximum Gasteiger partial charge on any atom is 0.130 e. The summed E-state index contributed by atoms with van der Waals surface area (Å²) < 4.78 is 14.3. The van der Waals surface area contributed by atoms with E-state index in [1.165, 1.54) is 5.56 Å². The third-order valence-corrected chi connectivity index (χ3v) is 4.02. The van der Waals surface area contributed by atoms with Crippen molar-refractivity contribution in [3.8, 4) is 0 Å². The summed E-state index contributed by atoms with van der Waals surface area (Å²) in [6, 6.07) is 4.19. The highest BCUT2D eigenvalue weighted by Gasteiger charge is 2.23. The van der Waals surface area contributed by atoms with Gasteiger partial charge in [0.1, 0.15) is 5.82 Å². The standard InChI is InChI=1S/C14H18FN/c15-14-12-3-1-2-10(12)4-5-13(14)11-6-8-16-9-7-11/h4-5,11,16H,1-3,6-9H2. The monoisotopic (exact) mass is 219 g/mol. The Kier molecular flexibility index (Phi) is 2.68. The number of nitrogens with one attached hydrogen (secondary N) is 1. The largest absolute Gasteiger partial charge is 0.317 e. The Hall–Kier alpha value is -0.890. The van der Waals surface area contributed by atoms with Gasteiger partial charge in [0.15, 0.2) is 0 Å². The molecule has 1 aromatic rings. The highest BCUT2D eigenvalue weighted by molar-refractivity contribution is 5.38. The van der Waals surface area contributed by atoms with Crippen molar-refractivity contribution in [2.45, 2.75) is 38.0 Å². The Morgan fingerprint density at radius 1 is 1.12 bits per heavy atom. The third kappa shape index (κ3) is 1.65. The molecule has 86 valence electrons. The molecule has 1 nitrogen and oxygen atoms in total. The maximum absolute atomic E-state index is 14.3. The molecular weight excluding hydrogens is 201 g/mol. The molecule has 0 bridgehead atoms. The van der Waals surface area contributed by atoms with Crippen LogP contribution in [0.15, 0.2) is 12.1 Å². The van der Waals surface area contributed by atoms with E-state index in [-0.39, 0.29) is 5.82 Å². The zero-order valence-corrected chi connectivity index (χ0v) is 9.56. The molecule has 2 heteroatoms. The van der Waals surface area contributed by atoms with E-state index in [9.17, 15) is 4.39 Å². The van der Waals surface area contributed by atoms with Crippen molar-refractivity contribution in [2.75, 3.05) is 13.1 Å². The Morgan fingerprint density at radius 2 is 1.94 bits per heavy atom. The molecule has 1 saturated heterocycles. The molecule has 1 aliphatic heterocycles. The zero-order chi connectivity index (χ0) is 11.0. The number of piperidine rings is 1.